The third-order valence-corrected chi connectivity index (χ3v) is 3.84. The molecule has 3 aromatic rings. The van der Waals surface area contributed by atoms with Crippen molar-refractivity contribution >= 4 is 22.6 Å². The number of fused-ring (bicyclic) bond motifs is 1. The number of esters is 1. The molecule has 1 heterocycles. The maximum atomic E-state index is 12.9. The van der Waals surface area contributed by atoms with Crippen LogP contribution in [0, 0.1) is 10.1 Å². The summed E-state index contributed by atoms with van der Waals surface area (Å²) in [4.78, 5) is 35.3. The van der Waals surface area contributed by atoms with Gasteiger partial charge in [0, 0.05) is 17.7 Å². The van der Waals surface area contributed by atoms with Crippen LogP contribution in [0.5, 0.6) is 0 Å². The Bertz CT molecular complexity index is 1050. The minimum Gasteiger partial charge on any atom is -0.466 e. The van der Waals surface area contributed by atoms with Crippen LogP contribution >= 0.6 is 0 Å². The fourth-order valence-corrected chi connectivity index (χ4v) is 2.69. The molecule has 0 radical (unpaired) electrons. The van der Waals surface area contributed by atoms with Gasteiger partial charge >= 0.3 is 5.97 Å². The summed E-state index contributed by atoms with van der Waals surface area (Å²) >= 11 is 0. The Kier molecular flexibility index (Phi) is 4.79. The Balaban J connectivity index is 2.25. The number of non-ortho nitro benzene ring substituents is 1. The molecule has 26 heavy (non-hydrogen) atoms. The predicted molar refractivity (Wildman–Crippen MR) is 94.9 cm³/mol. The SMILES string of the molecule is CCOC(=O)Cc1c(-c2cccc([N+](=O)[O-])c2)oc2ccccc2c1=O. The van der Waals surface area contributed by atoms with Gasteiger partial charge in [0.15, 0.2) is 5.43 Å². The first-order valence-corrected chi connectivity index (χ1v) is 7.96. The van der Waals surface area contributed by atoms with Crippen molar-refractivity contribution in [1.29, 1.82) is 0 Å². The zero-order valence-corrected chi connectivity index (χ0v) is 13.9. The number of nitro groups is 1. The molecule has 0 amide bonds. The highest BCUT2D eigenvalue weighted by atomic mass is 16.6. The zero-order valence-electron chi connectivity index (χ0n) is 13.9. The average molecular weight is 353 g/mol. The summed E-state index contributed by atoms with van der Waals surface area (Å²) in [7, 11) is 0. The normalized spacial score (nSPS) is 10.7. The molecule has 0 saturated heterocycles. The van der Waals surface area contributed by atoms with E-state index in [1.807, 2.05) is 0 Å². The van der Waals surface area contributed by atoms with Gasteiger partial charge in [-0.15, -0.1) is 0 Å². The molecule has 7 nitrogen and oxygen atoms in total. The first-order chi connectivity index (χ1) is 12.5. The summed E-state index contributed by atoms with van der Waals surface area (Å²) < 4.78 is 10.8. The van der Waals surface area contributed by atoms with Crippen molar-refractivity contribution in [2.45, 2.75) is 13.3 Å². The lowest BCUT2D eigenvalue weighted by atomic mass is 10.0. The lowest BCUT2D eigenvalue weighted by Gasteiger charge is -2.10. The molecule has 0 fully saturated rings. The summed E-state index contributed by atoms with van der Waals surface area (Å²) in [5, 5.41) is 11.4. The molecule has 1 aromatic heterocycles. The fraction of sp³-hybridized carbons (Fsp3) is 0.158. The van der Waals surface area contributed by atoms with E-state index in [9.17, 15) is 19.7 Å². The standard InChI is InChI=1S/C19H15NO6/c1-2-25-17(21)11-15-18(22)14-8-3-4-9-16(14)26-19(15)12-6-5-7-13(10-12)20(23)24/h3-10H,2,11H2,1H3. The summed E-state index contributed by atoms with van der Waals surface area (Å²) in [6, 6.07) is 12.4. The summed E-state index contributed by atoms with van der Waals surface area (Å²) in [6.45, 7) is 1.85. The van der Waals surface area contributed by atoms with E-state index in [0.717, 1.165) is 0 Å². The monoisotopic (exact) mass is 353 g/mol. The van der Waals surface area contributed by atoms with E-state index in [2.05, 4.69) is 0 Å². The minimum absolute atomic E-state index is 0.114. The van der Waals surface area contributed by atoms with E-state index < -0.39 is 10.9 Å². The second-order valence-corrected chi connectivity index (χ2v) is 5.52. The fourth-order valence-electron chi connectivity index (χ4n) is 2.69. The smallest absolute Gasteiger partial charge is 0.310 e. The summed E-state index contributed by atoms with van der Waals surface area (Å²) in [6.07, 6.45) is -0.279. The highest BCUT2D eigenvalue weighted by Crippen LogP contribution is 2.29. The number of para-hydroxylation sites is 1. The van der Waals surface area contributed by atoms with Crippen molar-refractivity contribution in [1.82, 2.24) is 0 Å². The van der Waals surface area contributed by atoms with Crippen LogP contribution in [-0.4, -0.2) is 17.5 Å². The highest BCUT2D eigenvalue weighted by Gasteiger charge is 2.20. The lowest BCUT2D eigenvalue weighted by molar-refractivity contribution is -0.384. The van der Waals surface area contributed by atoms with Crippen LogP contribution in [0.4, 0.5) is 5.69 Å². The van der Waals surface area contributed by atoms with Crippen molar-refractivity contribution in [3.63, 3.8) is 0 Å². The van der Waals surface area contributed by atoms with Gasteiger partial charge in [0.1, 0.15) is 11.3 Å². The Morgan fingerprint density at radius 2 is 1.96 bits per heavy atom. The zero-order chi connectivity index (χ0) is 18.7. The average Bonchev–Trinajstić information content (AvgIpc) is 2.64. The number of rotatable bonds is 5. The van der Waals surface area contributed by atoms with Crippen LogP contribution in [0.3, 0.4) is 0 Å². The summed E-state index contributed by atoms with van der Waals surface area (Å²) in [5.41, 5.74) is 0.303. The van der Waals surface area contributed by atoms with Gasteiger partial charge < -0.3 is 9.15 Å². The number of hydrogen-bond donors (Lipinski definition) is 0. The Morgan fingerprint density at radius 1 is 1.19 bits per heavy atom. The Labute approximate surface area is 148 Å². The van der Waals surface area contributed by atoms with Gasteiger partial charge in [-0.2, -0.15) is 0 Å². The maximum Gasteiger partial charge on any atom is 0.310 e. The molecule has 2 aromatic carbocycles. The predicted octanol–water partition coefficient (Wildman–Crippen LogP) is 3.47. The molecule has 0 aliphatic rings. The number of nitro benzene ring substituents is 1. The van der Waals surface area contributed by atoms with Crippen LogP contribution in [0.2, 0.25) is 0 Å². The second-order valence-electron chi connectivity index (χ2n) is 5.52. The number of nitrogens with zero attached hydrogens (tertiary/aromatic N) is 1. The minimum atomic E-state index is -0.568. The van der Waals surface area contributed by atoms with Crippen LogP contribution in [0.1, 0.15) is 12.5 Å². The third kappa shape index (κ3) is 3.32. The lowest BCUT2D eigenvalue weighted by Crippen LogP contribution is -2.17. The van der Waals surface area contributed by atoms with Gasteiger partial charge in [0.2, 0.25) is 0 Å². The number of carbonyl (C=O) groups is 1. The highest BCUT2D eigenvalue weighted by molar-refractivity contribution is 5.83. The van der Waals surface area contributed by atoms with E-state index in [0.29, 0.717) is 16.5 Å². The van der Waals surface area contributed by atoms with Gasteiger partial charge in [0.25, 0.3) is 5.69 Å². The van der Waals surface area contributed by atoms with E-state index in [1.54, 1.807) is 37.3 Å². The third-order valence-electron chi connectivity index (χ3n) is 3.84. The molecular formula is C19H15NO6. The molecule has 0 aliphatic heterocycles. The van der Waals surface area contributed by atoms with E-state index in [4.69, 9.17) is 9.15 Å². The van der Waals surface area contributed by atoms with Crippen molar-refractivity contribution < 1.29 is 18.9 Å². The van der Waals surface area contributed by atoms with Gasteiger partial charge in [-0.25, -0.2) is 0 Å². The van der Waals surface area contributed by atoms with Crippen molar-refractivity contribution in [3.8, 4) is 11.3 Å². The Hall–Kier alpha value is -3.48. The van der Waals surface area contributed by atoms with Gasteiger partial charge in [-0.3, -0.25) is 19.7 Å². The van der Waals surface area contributed by atoms with Crippen LogP contribution in [0.15, 0.2) is 57.7 Å². The van der Waals surface area contributed by atoms with Crippen molar-refractivity contribution in [2.75, 3.05) is 6.61 Å². The van der Waals surface area contributed by atoms with Crippen molar-refractivity contribution in [2.24, 2.45) is 0 Å². The number of carbonyl (C=O) groups excluding carboxylic acids is 1. The molecule has 3 rings (SSSR count). The molecule has 0 saturated carbocycles. The molecule has 0 atom stereocenters. The maximum absolute atomic E-state index is 12.9. The Morgan fingerprint density at radius 3 is 2.69 bits per heavy atom. The first-order valence-electron chi connectivity index (χ1n) is 7.96. The number of ether oxygens (including phenoxy) is 1. The number of hydrogen-bond acceptors (Lipinski definition) is 6. The van der Waals surface area contributed by atoms with E-state index >= 15 is 0 Å². The van der Waals surface area contributed by atoms with Crippen LogP contribution in [0.25, 0.3) is 22.3 Å². The van der Waals surface area contributed by atoms with Gasteiger partial charge in [0.05, 0.1) is 28.9 Å². The van der Waals surface area contributed by atoms with Crippen molar-refractivity contribution in [3.05, 3.63) is 74.4 Å². The first kappa shape index (κ1) is 17.3. The van der Waals surface area contributed by atoms with Crippen LogP contribution < -0.4 is 5.43 Å². The summed E-state index contributed by atoms with van der Waals surface area (Å²) in [5.74, 6) is -0.438. The van der Waals surface area contributed by atoms with Gasteiger partial charge in [-0.1, -0.05) is 24.3 Å². The molecule has 0 bridgehead atoms. The molecule has 0 unspecified atom stereocenters. The van der Waals surface area contributed by atoms with Gasteiger partial charge in [-0.05, 0) is 19.1 Å². The molecule has 0 spiro atoms. The van der Waals surface area contributed by atoms with E-state index in [-0.39, 0.29) is 35.5 Å². The number of benzene rings is 2. The molecule has 7 heteroatoms. The topological polar surface area (TPSA) is 99.7 Å². The molecule has 0 N–H and O–H groups in total. The van der Waals surface area contributed by atoms with E-state index in [1.165, 1.54) is 18.2 Å². The molecular weight excluding hydrogens is 338 g/mol. The van der Waals surface area contributed by atoms with Crippen LogP contribution in [-0.2, 0) is 16.0 Å². The molecule has 0 aliphatic carbocycles. The largest absolute Gasteiger partial charge is 0.466 e. The molecule has 132 valence electrons. The second kappa shape index (κ2) is 7.18. The quantitative estimate of drug-likeness (QED) is 0.395.